The van der Waals surface area contributed by atoms with Crippen molar-refractivity contribution in [2.24, 2.45) is 0 Å². The van der Waals surface area contributed by atoms with Crippen LogP contribution in [0.2, 0.25) is 5.02 Å². The molecular formula is C23H21ClF3N3O6S2. The fourth-order valence-corrected chi connectivity index (χ4v) is 5.42. The molecule has 0 atom stereocenters. The van der Waals surface area contributed by atoms with E-state index in [-0.39, 0.29) is 27.7 Å². The second-order valence-corrected chi connectivity index (χ2v) is 11.8. The maximum atomic E-state index is 13.1. The fourth-order valence-electron chi connectivity index (χ4n) is 3.29. The predicted molar refractivity (Wildman–Crippen MR) is 138 cm³/mol. The smallest absolute Gasteiger partial charge is 0.417 e. The number of rotatable bonds is 9. The van der Waals surface area contributed by atoms with Gasteiger partial charge >= 0.3 is 6.18 Å². The van der Waals surface area contributed by atoms with Gasteiger partial charge in [-0.25, -0.2) is 16.8 Å². The lowest BCUT2D eigenvalue weighted by molar-refractivity contribution is -0.137. The Morgan fingerprint density at radius 3 is 2.16 bits per heavy atom. The lowest BCUT2D eigenvalue weighted by Crippen LogP contribution is -2.37. The molecule has 0 aliphatic heterocycles. The van der Waals surface area contributed by atoms with E-state index in [1.54, 1.807) is 12.1 Å². The van der Waals surface area contributed by atoms with Crippen molar-refractivity contribution in [3.05, 3.63) is 77.3 Å². The number of nitrogens with zero attached hydrogens (tertiary/aromatic N) is 1. The molecular weight excluding hydrogens is 571 g/mol. The molecule has 3 rings (SSSR count). The number of amides is 1. The van der Waals surface area contributed by atoms with Gasteiger partial charge in [-0.2, -0.15) is 13.2 Å². The minimum atomic E-state index is -4.78. The van der Waals surface area contributed by atoms with Crippen molar-refractivity contribution in [2.45, 2.75) is 11.1 Å². The molecule has 0 unspecified atom stereocenters. The zero-order chi connectivity index (χ0) is 28.3. The highest BCUT2D eigenvalue weighted by atomic mass is 35.5. The molecule has 2 N–H and O–H groups in total. The van der Waals surface area contributed by atoms with Crippen molar-refractivity contribution in [1.82, 2.24) is 0 Å². The summed E-state index contributed by atoms with van der Waals surface area (Å²) in [6, 6.07) is 13.5. The van der Waals surface area contributed by atoms with E-state index in [4.69, 9.17) is 16.3 Å². The number of carbonyl (C=O) groups is 1. The normalized spacial score (nSPS) is 12.1. The third kappa shape index (κ3) is 7.08. The molecule has 38 heavy (non-hydrogen) atoms. The number of nitrogens with one attached hydrogen (secondary N) is 2. The Balaban J connectivity index is 1.75. The third-order valence-electron chi connectivity index (χ3n) is 5.01. The van der Waals surface area contributed by atoms with Crippen LogP contribution in [0.1, 0.15) is 5.56 Å². The molecule has 15 heteroatoms. The summed E-state index contributed by atoms with van der Waals surface area (Å²) >= 11 is 5.56. The summed E-state index contributed by atoms with van der Waals surface area (Å²) in [6.45, 7) is -0.598. The summed E-state index contributed by atoms with van der Waals surface area (Å²) in [5.41, 5.74) is -1.26. The van der Waals surface area contributed by atoms with Gasteiger partial charge < -0.3 is 10.1 Å². The van der Waals surface area contributed by atoms with Gasteiger partial charge in [-0.15, -0.1) is 0 Å². The first-order valence-corrected chi connectivity index (χ1v) is 14.2. The third-order valence-corrected chi connectivity index (χ3v) is 7.87. The van der Waals surface area contributed by atoms with Gasteiger partial charge in [-0.3, -0.25) is 13.8 Å². The minimum Gasteiger partial charge on any atom is -0.495 e. The van der Waals surface area contributed by atoms with E-state index < -0.39 is 49.3 Å². The van der Waals surface area contributed by atoms with Crippen LogP contribution in [-0.4, -0.2) is 42.7 Å². The topological polar surface area (TPSA) is 122 Å². The van der Waals surface area contributed by atoms with Crippen LogP contribution in [-0.2, 0) is 31.0 Å². The van der Waals surface area contributed by atoms with Crippen LogP contribution in [0.4, 0.5) is 30.2 Å². The molecule has 3 aromatic carbocycles. The summed E-state index contributed by atoms with van der Waals surface area (Å²) in [6.07, 6.45) is -3.85. The minimum absolute atomic E-state index is 0.147. The molecule has 0 spiro atoms. The second-order valence-electron chi connectivity index (χ2n) is 7.81. The number of hydrogen-bond acceptors (Lipinski definition) is 6. The fraction of sp³-hybridized carbons (Fsp3) is 0.174. The molecule has 0 saturated carbocycles. The first-order valence-electron chi connectivity index (χ1n) is 10.5. The zero-order valence-electron chi connectivity index (χ0n) is 19.8. The number of anilines is 3. The summed E-state index contributed by atoms with van der Waals surface area (Å²) in [5.74, 6) is -0.494. The van der Waals surface area contributed by atoms with Crippen molar-refractivity contribution < 1.29 is 39.5 Å². The molecule has 0 aliphatic carbocycles. The monoisotopic (exact) mass is 591 g/mol. The van der Waals surface area contributed by atoms with Gasteiger partial charge in [0.25, 0.3) is 10.0 Å². The average molecular weight is 592 g/mol. The van der Waals surface area contributed by atoms with Crippen molar-refractivity contribution >= 4 is 54.6 Å². The molecule has 9 nitrogen and oxygen atoms in total. The van der Waals surface area contributed by atoms with Gasteiger partial charge in [0.1, 0.15) is 12.3 Å². The molecule has 0 radical (unpaired) electrons. The predicted octanol–water partition coefficient (Wildman–Crippen LogP) is 4.57. The summed E-state index contributed by atoms with van der Waals surface area (Å²) in [7, 11) is -6.82. The Bertz CT molecular complexity index is 1550. The van der Waals surface area contributed by atoms with E-state index in [0.717, 1.165) is 34.8 Å². The van der Waals surface area contributed by atoms with Crippen molar-refractivity contribution in [3.63, 3.8) is 0 Å². The number of halogens is 4. The molecule has 0 bridgehead atoms. The molecule has 0 saturated heterocycles. The van der Waals surface area contributed by atoms with Gasteiger partial charge in [0.2, 0.25) is 15.9 Å². The van der Waals surface area contributed by atoms with Crippen molar-refractivity contribution in [1.29, 1.82) is 0 Å². The van der Waals surface area contributed by atoms with Crippen molar-refractivity contribution in [2.75, 3.05) is 34.3 Å². The van der Waals surface area contributed by atoms with Crippen LogP contribution in [0.5, 0.6) is 5.75 Å². The number of sulfonamides is 2. The van der Waals surface area contributed by atoms with Crippen LogP contribution in [0.3, 0.4) is 0 Å². The van der Waals surface area contributed by atoms with E-state index in [1.807, 2.05) is 4.72 Å². The Kier molecular flexibility index (Phi) is 8.48. The molecule has 3 aromatic rings. The number of alkyl halides is 3. The van der Waals surface area contributed by atoms with E-state index in [1.165, 1.54) is 31.4 Å². The Morgan fingerprint density at radius 2 is 1.58 bits per heavy atom. The number of para-hydroxylation sites is 2. The molecule has 0 heterocycles. The summed E-state index contributed by atoms with van der Waals surface area (Å²) in [5, 5.41) is 1.89. The lowest BCUT2D eigenvalue weighted by atomic mass is 10.2. The van der Waals surface area contributed by atoms with Gasteiger partial charge in [-0.1, -0.05) is 23.7 Å². The maximum absolute atomic E-state index is 13.1. The van der Waals surface area contributed by atoms with Gasteiger partial charge in [0.05, 0.1) is 34.5 Å². The van der Waals surface area contributed by atoms with E-state index in [0.29, 0.717) is 6.07 Å². The highest BCUT2D eigenvalue weighted by molar-refractivity contribution is 7.92. The number of methoxy groups -OCH3 is 1. The molecule has 204 valence electrons. The molecule has 0 fully saturated rings. The molecule has 1 amide bonds. The second kappa shape index (κ2) is 11.1. The van der Waals surface area contributed by atoms with Crippen LogP contribution < -0.4 is 19.1 Å². The first kappa shape index (κ1) is 29.1. The van der Waals surface area contributed by atoms with Gasteiger partial charge in [0, 0.05) is 11.4 Å². The Morgan fingerprint density at radius 1 is 0.974 bits per heavy atom. The number of benzene rings is 3. The van der Waals surface area contributed by atoms with Crippen LogP contribution in [0.15, 0.2) is 71.6 Å². The summed E-state index contributed by atoms with van der Waals surface area (Å²) < 4.78 is 97.3. The lowest BCUT2D eigenvalue weighted by Gasteiger charge is -2.23. The molecule has 0 aromatic heterocycles. The van der Waals surface area contributed by atoms with Gasteiger partial charge in [0.15, 0.2) is 0 Å². The number of hydrogen-bond donors (Lipinski definition) is 2. The number of ether oxygens (including phenoxy) is 1. The maximum Gasteiger partial charge on any atom is 0.417 e. The average Bonchev–Trinajstić information content (AvgIpc) is 2.82. The Labute approximate surface area is 222 Å². The SMILES string of the molecule is COc1ccccc1N(CC(=O)Nc1ccc(S(=O)(=O)Nc2ccc(Cl)c(C(F)(F)F)c2)cc1)S(C)(=O)=O. The highest BCUT2D eigenvalue weighted by Gasteiger charge is 2.33. The van der Waals surface area contributed by atoms with E-state index >= 15 is 0 Å². The van der Waals surface area contributed by atoms with Crippen molar-refractivity contribution in [3.8, 4) is 5.75 Å². The number of carbonyl (C=O) groups excluding carboxylic acids is 1. The largest absolute Gasteiger partial charge is 0.495 e. The van der Waals surface area contributed by atoms with Crippen LogP contribution in [0, 0.1) is 0 Å². The standard InChI is InChI=1S/C23H21ClF3N3O6S2/c1-36-21-6-4-3-5-20(21)30(37(2,32)33)14-22(31)28-15-7-10-17(11-8-15)38(34,35)29-16-9-12-19(24)18(13-16)23(25,26)27/h3-13,29H,14H2,1-2H3,(H,28,31). The van der Waals surface area contributed by atoms with E-state index in [9.17, 15) is 34.8 Å². The zero-order valence-corrected chi connectivity index (χ0v) is 22.2. The molecule has 0 aliphatic rings. The summed E-state index contributed by atoms with van der Waals surface area (Å²) in [4.78, 5) is 12.3. The quantitative estimate of drug-likeness (QED) is 0.376. The highest BCUT2D eigenvalue weighted by Crippen LogP contribution is 2.36. The van der Waals surface area contributed by atoms with Crippen LogP contribution in [0.25, 0.3) is 0 Å². The van der Waals surface area contributed by atoms with Crippen LogP contribution >= 0.6 is 11.6 Å². The Hall–Kier alpha value is -3.49. The van der Waals surface area contributed by atoms with Gasteiger partial charge in [-0.05, 0) is 54.6 Å². The first-order chi connectivity index (χ1) is 17.6. The van der Waals surface area contributed by atoms with E-state index in [2.05, 4.69) is 5.32 Å².